The largest absolute Gasteiger partial charge is 0.355 e. The molecule has 1 saturated heterocycles. The van der Waals surface area contributed by atoms with Gasteiger partial charge in [0.05, 0.1) is 5.56 Å². The monoisotopic (exact) mass is 495 g/mol. The summed E-state index contributed by atoms with van der Waals surface area (Å²) in [6.45, 7) is 5.24. The number of carbonyl (C=O) groups is 3. The number of benzene rings is 1. The third kappa shape index (κ3) is 5.19. The highest BCUT2D eigenvalue weighted by Crippen LogP contribution is 2.28. The van der Waals surface area contributed by atoms with Crippen LogP contribution in [0.1, 0.15) is 40.1 Å². The molecule has 0 radical (unpaired) electrons. The molecule has 3 heterocycles. The third-order valence-corrected chi connectivity index (χ3v) is 6.16. The van der Waals surface area contributed by atoms with Gasteiger partial charge in [-0.1, -0.05) is 37.6 Å². The van der Waals surface area contributed by atoms with E-state index >= 15 is 0 Å². The topological polar surface area (TPSA) is 113 Å². The second-order valence-electron chi connectivity index (χ2n) is 9.39. The standard InChI is InChI=1S/C25H26ClN5O4/c1-25(2)13-30(14-25)20(32)12-31-21-16(8-17(11-28-21)22(33)27-3)9-19(24(31)35)23(34)29-10-15-4-6-18(26)7-5-15/h4-9,11H,10,12-14H2,1-3H3,(H,27,33)(H,29,34). The van der Waals surface area contributed by atoms with Crippen molar-refractivity contribution in [1.29, 1.82) is 0 Å². The predicted molar refractivity (Wildman–Crippen MR) is 132 cm³/mol. The van der Waals surface area contributed by atoms with E-state index in [2.05, 4.69) is 29.5 Å². The Morgan fingerprint density at radius 1 is 1.09 bits per heavy atom. The van der Waals surface area contributed by atoms with Crippen LogP contribution in [0, 0.1) is 5.41 Å². The molecule has 0 aliphatic carbocycles. The molecular weight excluding hydrogens is 470 g/mol. The SMILES string of the molecule is CNC(=O)c1cnc2c(c1)cc(C(=O)NCc1ccc(Cl)cc1)c(=O)n2CC(=O)N1CC(C)(C)C1. The normalized spacial score (nSPS) is 14.3. The third-order valence-electron chi connectivity index (χ3n) is 5.91. The molecule has 0 atom stereocenters. The van der Waals surface area contributed by atoms with Gasteiger partial charge in [0.15, 0.2) is 0 Å². The van der Waals surface area contributed by atoms with E-state index in [1.54, 1.807) is 35.2 Å². The van der Waals surface area contributed by atoms with Gasteiger partial charge in [0.1, 0.15) is 17.8 Å². The van der Waals surface area contributed by atoms with Gasteiger partial charge < -0.3 is 15.5 Å². The highest BCUT2D eigenvalue weighted by molar-refractivity contribution is 6.30. The first-order chi connectivity index (χ1) is 16.6. The summed E-state index contributed by atoms with van der Waals surface area (Å²) in [6, 6.07) is 9.91. The minimum atomic E-state index is -0.626. The number of rotatable bonds is 6. The van der Waals surface area contributed by atoms with Crippen LogP contribution >= 0.6 is 11.6 Å². The molecule has 1 aliphatic heterocycles. The molecule has 35 heavy (non-hydrogen) atoms. The number of hydrogen-bond acceptors (Lipinski definition) is 5. The summed E-state index contributed by atoms with van der Waals surface area (Å²) in [7, 11) is 1.50. The summed E-state index contributed by atoms with van der Waals surface area (Å²) in [5.74, 6) is -1.18. The molecule has 9 nitrogen and oxygen atoms in total. The number of carbonyl (C=O) groups excluding carboxylic acids is 3. The smallest absolute Gasteiger partial charge is 0.265 e. The minimum absolute atomic E-state index is 0.0345. The van der Waals surface area contributed by atoms with Gasteiger partial charge in [0.25, 0.3) is 17.4 Å². The molecule has 0 unspecified atom stereocenters. The van der Waals surface area contributed by atoms with Gasteiger partial charge in [-0.15, -0.1) is 0 Å². The van der Waals surface area contributed by atoms with Crippen molar-refractivity contribution in [3.63, 3.8) is 0 Å². The maximum absolute atomic E-state index is 13.3. The zero-order valence-corrected chi connectivity index (χ0v) is 20.5. The van der Waals surface area contributed by atoms with E-state index in [4.69, 9.17) is 11.6 Å². The fourth-order valence-electron chi connectivity index (χ4n) is 4.12. The summed E-state index contributed by atoms with van der Waals surface area (Å²) in [5.41, 5.74) is 0.576. The molecule has 3 amide bonds. The maximum atomic E-state index is 13.3. The number of hydrogen-bond donors (Lipinski definition) is 2. The average Bonchev–Trinajstić information content (AvgIpc) is 2.82. The van der Waals surface area contributed by atoms with Crippen LogP contribution in [-0.4, -0.2) is 52.3 Å². The maximum Gasteiger partial charge on any atom is 0.265 e. The zero-order chi connectivity index (χ0) is 25.3. The molecule has 1 aromatic carbocycles. The van der Waals surface area contributed by atoms with Crippen LogP contribution in [-0.2, 0) is 17.9 Å². The molecule has 0 spiro atoms. The Morgan fingerprint density at radius 2 is 1.77 bits per heavy atom. The Bertz CT molecular complexity index is 1370. The minimum Gasteiger partial charge on any atom is -0.355 e. The Balaban J connectivity index is 1.69. The van der Waals surface area contributed by atoms with E-state index < -0.39 is 11.5 Å². The van der Waals surface area contributed by atoms with Crippen LogP contribution in [0.25, 0.3) is 11.0 Å². The zero-order valence-electron chi connectivity index (χ0n) is 19.7. The van der Waals surface area contributed by atoms with E-state index in [1.165, 1.54) is 23.9 Å². The van der Waals surface area contributed by atoms with Gasteiger partial charge in [-0.25, -0.2) is 4.98 Å². The van der Waals surface area contributed by atoms with Crippen LogP contribution in [0.4, 0.5) is 0 Å². The predicted octanol–water partition coefficient (Wildman–Crippen LogP) is 2.21. The van der Waals surface area contributed by atoms with E-state index in [0.717, 1.165) is 5.56 Å². The number of pyridine rings is 2. The van der Waals surface area contributed by atoms with E-state index in [-0.39, 0.29) is 47.1 Å². The number of halogens is 1. The summed E-state index contributed by atoms with van der Waals surface area (Å²) in [5, 5.41) is 6.24. The summed E-state index contributed by atoms with van der Waals surface area (Å²) >= 11 is 5.91. The molecular formula is C25H26ClN5O4. The van der Waals surface area contributed by atoms with E-state index in [0.29, 0.717) is 23.5 Å². The van der Waals surface area contributed by atoms with Gasteiger partial charge in [-0.2, -0.15) is 0 Å². The summed E-state index contributed by atoms with van der Waals surface area (Å²) < 4.78 is 1.20. The quantitative estimate of drug-likeness (QED) is 0.544. The first-order valence-electron chi connectivity index (χ1n) is 11.1. The lowest BCUT2D eigenvalue weighted by Crippen LogP contribution is -2.56. The summed E-state index contributed by atoms with van der Waals surface area (Å²) in [4.78, 5) is 57.3. The average molecular weight is 496 g/mol. The lowest BCUT2D eigenvalue weighted by molar-refractivity contribution is -0.142. The molecule has 10 heteroatoms. The number of aromatic nitrogens is 2. The van der Waals surface area contributed by atoms with Gasteiger partial charge in [0, 0.05) is 43.3 Å². The molecule has 1 aliphatic rings. The second-order valence-corrected chi connectivity index (χ2v) is 9.82. The van der Waals surface area contributed by atoms with Crippen molar-refractivity contribution in [2.24, 2.45) is 5.41 Å². The first kappa shape index (κ1) is 24.4. The Morgan fingerprint density at radius 3 is 2.40 bits per heavy atom. The molecule has 0 saturated carbocycles. The molecule has 3 aromatic rings. The Hall–Kier alpha value is -3.72. The van der Waals surface area contributed by atoms with Crippen molar-refractivity contribution >= 4 is 40.4 Å². The highest BCUT2D eigenvalue weighted by atomic mass is 35.5. The second kappa shape index (κ2) is 9.50. The van der Waals surface area contributed by atoms with Gasteiger partial charge in [-0.05, 0) is 35.2 Å². The molecule has 2 N–H and O–H groups in total. The highest BCUT2D eigenvalue weighted by Gasteiger charge is 2.37. The van der Waals surface area contributed by atoms with Gasteiger partial charge in [-0.3, -0.25) is 23.7 Å². The van der Waals surface area contributed by atoms with E-state index in [1.807, 2.05) is 0 Å². The van der Waals surface area contributed by atoms with Crippen molar-refractivity contribution in [3.8, 4) is 0 Å². The van der Waals surface area contributed by atoms with Gasteiger partial charge >= 0.3 is 0 Å². The fourth-order valence-corrected chi connectivity index (χ4v) is 4.25. The molecule has 0 bridgehead atoms. The number of nitrogens with zero attached hydrogens (tertiary/aromatic N) is 3. The van der Waals surface area contributed by atoms with Crippen molar-refractivity contribution in [3.05, 3.63) is 74.7 Å². The van der Waals surface area contributed by atoms with Crippen molar-refractivity contribution in [1.82, 2.24) is 25.1 Å². The van der Waals surface area contributed by atoms with Gasteiger partial charge in [0.2, 0.25) is 5.91 Å². The van der Waals surface area contributed by atoms with Crippen LogP contribution in [0.5, 0.6) is 0 Å². The number of nitrogens with one attached hydrogen (secondary N) is 2. The molecule has 4 rings (SSSR count). The lowest BCUT2D eigenvalue weighted by atomic mass is 9.84. The van der Waals surface area contributed by atoms with Crippen LogP contribution in [0.15, 0.2) is 47.4 Å². The molecule has 1 fully saturated rings. The number of amides is 3. The fraction of sp³-hybridized carbons (Fsp3) is 0.320. The van der Waals surface area contributed by atoms with Crippen LogP contribution < -0.4 is 16.2 Å². The van der Waals surface area contributed by atoms with Crippen molar-refractivity contribution in [2.45, 2.75) is 26.9 Å². The van der Waals surface area contributed by atoms with Crippen molar-refractivity contribution < 1.29 is 14.4 Å². The Labute approximate surface area is 207 Å². The number of likely N-dealkylation sites (tertiary alicyclic amines) is 1. The first-order valence-corrected chi connectivity index (χ1v) is 11.5. The Kier molecular flexibility index (Phi) is 6.62. The summed E-state index contributed by atoms with van der Waals surface area (Å²) in [6.07, 6.45) is 1.34. The lowest BCUT2D eigenvalue weighted by Gasteiger charge is -2.45. The van der Waals surface area contributed by atoms with Crippen molar-refractivity contribution in [2.75, 3.05) is 20.1 Å². The van der Waals surface area contributed by atoms with Crippen LogP contribution in [0.3, 0.4) is 0 Å². The number of fused-ring (bicyclic) bond motifs is 1. The molecule has 182 valence electrons. The van der Waals surface area contributed by atoms with E-state index in [9.17, 15) is 19.2 Å². The van der Waals surface area contributed by atoms with Crippen LogP contribution in [0.2, 0.25) is 5.02 Å². The molecule has 2 aromatic heterocycles.